The van der Waals surface area contributed by atoms with E-state index in [0.29, 0.717) is 28.7 Å². The summed E-state index contributed by atoms with van der Waals surface area (Å²) >= 11 is 6.31. The van der Waals surface area contributed by atoms with Crippen LogP contribution in [0.25, 0.3) is 5.69 Å². The highest BCUT2D eigenvalue weighted by Gasteiger charge is 2.27. The van der Waals surface area contributed by atoms with Crippen molar-refractivity contribution < 1.29 is 4.79 Å². The molecule has 0 spiro atoms. The SMILES string of the molecule is C[C@H](N)[C@@H]1CCCN(C(=O)c2ccc(-n3cnnn3)cc2Cl)C1. The summed E-state index contributed by atoms with van der Waals surface area (Å²) in [6.45, 7) is 3.42. The molecule has 23 heavy (non-hydrogen) atoms. The number of amides is 1. The zero-order valence-corrected chi connectivity index (χ0v) is 13.6. The molecule has 7 nitrogen and oxygen atoms in total. The smallest absolute Gasteiger partial charge is 0.255 e. The number of nitrogens with zero attached hydrogens (tertiary/aromatic N) is 5. The lowest BCUT2D eigenvalue weighted by molar-refractivity contribution is 0.0661. The summed E-state index contributed by atoms with van der Waals surface area (Å²) < 4.78 is 1.49. The lowest BCUT2D eigenvalue weighted by atomic mass is 9.92. The van der Waals surface area contributed by atoms with Gasteiger partial charge in [0.05, 0.1) is 16.3 Å². The Balaban J connectivity index is 1.80. The first-order chi connectivity index (χ1) is 11.1. The number of nitrogens with two attached hydrogens (primary N) is 1. The number of aromatic nitrogens is 4. The number of benzene rings is 1. The molecule has 1 saturated heterocycles. The van der Waals surface area contributed by atoms with Crippen molar-refractivity contribution in [2.24, 2.45) is 11.7 Å². The Morgan fingerprint density at radius 1 is 1.48 bits per heavy atom. The summed E-state index contributed by atoms with van der Waals surface area (Å²) in [6.07, 6.45) is 3.51. The number of likely N-dealkylation sites (tertiary alicyclic amines) is 1. The quantitative estimate of drug-likeness (QED) is 0.919. The van der Waals surface area contributed by atoms with E-state index in [-0.39, 0.29) is 11.9 Å². The summed E-state index contributed by atoms with van der Waals surface area (Å²) in [5, 5.41) is 11.4. The fourth-order valence-electron chi connectivity index (χ4n) is 2.89. The monoisotopic (exact) mass is 334 g/mol. The molecule has 8 heteroatoms. The average molecular weight is 335 g/mol. The van der Waals surface area contributed by atoms with Crippen LogP contribution < -0.4 is 5.73 Å². The van der Waals surface area contributed by atoms with E-state index in [1.807, 2.05) is 11.8 Å². The minimum absolute atomic E-state index is 0.0522. The van der Waals surface area contributed by atoms with Crippen LogP contribution in [0.15, 0.2) is 24.5 Å². The molecule has 0 aliphatic carbocycles. The van der Waals surface area contributed by atoms with Gasteiger partial charge in [0.25, 0.3) is 5.91 Å². The average Bonchev–Trinajstić information content (AvgIpc) is 3.08. The van der Waals surface area contributed by atoms with Crippen molar-refractivity contribution in [2.75, 3.05) is 13.1 Å². The lowest BCUT2D eigenvalue weighted by Crippen LogP contribution is -2.45. The first-order valence-electron chi connectivity index (χ1n) is 7.64. The lowest BCUT2D eigenvalue weighted by Gasteiger charge is -2.34. The topological polar surface area (TPSA) is 89.9 Å². The van der Waals surface area contributed by atoms with Gasteiger partial charge in [-0.2, -0.15) is 0 Å². The summed E-state index contributed by atoms with van der Waals surface area (Å²) in [5.74, 6) is 0.288. The Kier molecular flexibility index (Phi) is 4.58. The second-order valence-corrected chi connectivity index (χ2v) is 6.34. The van der Waals surface area contributed by atoms with Gasteiger partial charge in [-0.25, -0.2) is 4.68 Å². The Labute approximate surface area is 139 Å². The Hall–Kier alpha value is -1.99. The number of hydrogen-bond donors (Lipinski definition) is 1. The Bertz CT molecular complexity index is 687. The molecule has 2 heterocycles. The second-order valence-electron chi connectivity index (χ2n) is 5.93. The van der Waals surface area contributed by atoms with Gasteiger partial charge in [0.1, 0.15) is 6.33 Å². The van der Waals surface area contributed by atoms with Crippen molar-refractivity contribution >= 4 is 17.5 Å². The van der Waals surface area contributed by atoms with Crippen LogP contribution in [0.4, 0.5) is 0 Å². The molecule has 0 radical (unpaired) electrons. The fourth-order valence-corrected chi connectivity index (χ4v) is 3.15. The number of hydrogen-bond acceptors (Lipinski definition) is 5. The number of halogens is 1. The third-order valence-corrected chi connectivity index (χ3v) is 4.60. The molecule has 1 aliphatic rings. The van der Waals surface area contributed by atoms with E-state index in [9.17, 15) is 4.79 Å². The summed E-state index contributed by atoms with van der Waals surface area (Å²) in [5.41, 5.74) is 7.19. The van der Waals surface area contributed by atoms with Gasteiger partial charge in [-0.3, -0.25) is 4.79 Å². The maximum Gasteiger partial charge on any atom is 0.255 e. The minimum atomic E-state index is -0.0522. The summed E-state index contributed by atoms with van der Waals surface area (Å²) in [4.78, 5) is 14.6. The number of carbonyl (C=O) groups excluding carboxylic acids is 1. The van der Waals surface area contributed by atoms with Crippen LogP contribution in [0.3, 0.4) is 0 Å². The molecule has 0 unspecified atom stereocenters. The van der Waals surface area contributed by atoms with Crippen molar-refractivity contribution in [1.29, 1.82) is 0 Å². The Morgan fingerprint density at radius 3 is 2.96 bits per heavy atom. The predicted molar refractivity (Wildman–Crippen MR) is 86.4 cm³/mol. The Morgan fingerprint density at radius 2 is 2.30 bits per heavy atom. The molecule has 2 N–H and O–H groups in total. The van der Waals surface area contributed by atoms with Gasteiger partial charge in [-0.15, -0.1) is 5.10 Å². The third-order valence-electron chi connectivity index (χ3n) is 4.29. The molecule has 1 aliphatic heterocycles. The van der Waals surface area contributed by atoms with Gasteiger partial charge in [0.2, 0.25) is 0 Å². The highest BCUT2D eigenvalue weighted by molar-refractivity contribution is 6.34. The number of tetrazole rings is 1. The van der Waals surface area contributed by atoms with Crippen LogP contribution in [-0.4, -0.2) is 50.1 Å². The molecule has 2 aromatic rings. The van der Waals surface area contributed by atoms with Crippen LogP contribution in [0.5, 0.6) is 0 Å². The fraction of sp³-hybridized carbons (Fsp3) is 0.467. The van der Waals surface area contributed by atoms with E-state index >= 15 is 0 Å². The van der Waals surface area contributed by atoms with Crippen molar-refractivity contribution in [2.45, 2.75) is 25.8 Å². The van der Waals surface area contributed by atoms with E-state index in [1.165, 1.54) is 11.0 Å². The first-order valence-corrected chi connectivity index (χ1v) is 8.02. The second kappa shape index (κ2) is 6.64. The molecular weight excluding hydrogens is 316 g/mol. The van der Waals surface area contributed by atoms with Crippen molar-refractivity contribution in [3.05, 3.63) is 35.1 Å². The summed E-state index contributed by atoms with van der Waals surface area (Å²) in [7, 11) is 0. The van der Waals surface area contributed by atoms with Gasteiger partial charge >= 0.3 is 0 Å². The number of piperidine rings is 1. The molecule has 1 amide bonds. The van der Waals surface area contributed by atoms with Crippen LogP contribution in [0, 0.1) is 5.92 Å². The number of rotatable bonds is 3. The van der Waals surface area contributed by atoms with Crippen LogP contribution >= 0.6 is 11.6 Å². The minimum Gasteiger partial charge on any atom is -0.338 e. The molecule has 122 valence electrons. The molecule has 0 saturated carbocycles. The van der Waals surface area contributed by atoms with E-state index in [1.54, 1.807) is 18.2 Å². The van der Waals surface area contributed by atoms with Crippen LogP contribution in [0.2, 0.25) is 5.02 Å². The van der Waals surface area contributed by atoms with Gasteiger partial charge in [0, 0.05) is 19.1 Å². The van der Waals surface area contributed by atoms with E-state index in [2.05, 4.69) is 15.5 Å². The molecular formula is C15H19ClN6O. The van der Waals surface area contributed by atoms with Gasteiger partial charge in [-0.05, 0) is 54.3 Å². The van der Waals surface area contributed by atoms with Crippen LogP contribution in [0.1, 0.15) is 30.1 Å². The largest absolute Gasteiger partial charge is 0.338 e. The maximum absolute atomic E-state index is 12.7. The highest BCUT2D eigenvalue weighted by Crippen LogP contribution is 2.25. The maximum atomic E-state index is 12.7. The van der Waals surface area contributed by atoms with Crippen molar-refractivity contribution in [1.82, 2.24) is 25.1 Å². The van der Waals surface area contributed by atoms with Crippen LogP contribution in [-0.2, 0) is 0 Å². The standard InChI is InChI=1S/C15H19ClN6O/c1-10(17)11-3-2-6-21(8-11)15(23)13-5-4-12(7-14(13)16)22-9-18-19-20-22/h4-5,7,9-11H,2-3,6,8,17H2,1H3/t10-,11+/m0/s1. The zero-order valence-electron chi connectivity index (χ0n) is 12.9. The molecule has 0 bridgehead atoms. The van der Waals surface area contributed by atoms with Gasteiger partial charge in [0.15, 0.2) is 0 Å². The normalized spacial score (nSPS) is 19.6. The molecule has 3 rings (SSSR count). The molecule has 1 aromatic carbocycles. The van der Waals surface area contributed by atoms with Gasteiger partial charge < -0.3 is 10.6 Å². The highest BCUT2D eigenvalue weighted by atomic mass is 35.5. The zero-order chi connectivity index (χ0) is 16.4. The molecule has 1 aromatic heterocycles. The number of carbonyl (C=O) groups is 1. The van der Waals surface area contributed by atoms with E-state index < -0.39 is 0 Å². The van der Waals surface area contributed by atoms with Crippen molar-refractivity contribution in [3.63, 3.8) is 0 Å². The third kappa shape index (κ3) is 3.35. The molecule has 1 fully saturated rings. The van der Waals surface area contributed by atoms with E-state index in [4.69, 9.17) is 17.3 Å². The summed E-state index contributed by atoms with van der Waals surface area (Å²) in [6, 6.07) is 5.28. The molecule has 2 atom stereocenters. The first kappa shape index (κ1) is 15.9. The van der Waals surface area contributed by atoms with Crippen molar-refractivity contribution in [3.8, 4) is 5.69 Å². The van der Waals surface area contributed by atoms with E-state index in [0.717, 1.165) is 19.4 Å². The van der Waals surface area contributed by atoms with Gasteiger partial charge in [-0.1, -0.05) is 11.6 Å². The predicted octanol–water partition coefficient (Wildman–Crippen LogP) is 1.52.